The summed E-state index contributed by atoms with van der Waals surface area (Å²) in [6.07, 6.45) is 1.08. The van der Waals surface area contributed by atoms with Crippen LogP contribution in [0.3, 0.4) is 0 Å². The minimum atomic E-state index is -3.29. The Morgan fingerprint density at radius 2 is 2.21 bits per heavy atom. The molecule has 1 aromatic rings. The summed E-state index contributed by atoms with van der Waals surface area (Å²) in [5, 5.41) is 0. The van der Waals surface area contributed by atoms with Gasteiger partial charge in [0.2, 0.25) is 0 Å². The lowest BCUT2D eigenvalue weighted by molar-refractivity contribution is 0.191. The topological polar surface area (TPSA) is 72.6 Å². The predicted octanol–water partition coefficient (Wildman–Crippen LogP) is 1.03. The Bertz CT molecular complexity index is 557. The van der Waals surface area contributed by atoms with Crippen LogP contribution < -0.4 is 15.4 Å². The Hall–Kier alpha value is -1.27. The number of benzene rings is 1. The van der Waals surface area contributed by atoms with E-state index < -0.39 is 9.84 Å². The molecule has 0 radical (unpaired) electrons. The quantitative estimate of drug-likeness (QED) is 0.894. The smallest absolute Gasteiger partial charge is 0.179 e. The van der Waals surface area contributed by atoms with Crippen molar-refractivity contribution in [3.63, 3.8) is 0 Å². The highest BCUT2D eigenvalue weighted by atomic mass is 32.2. The third-order valence-corrected chi connectivity index (χ3v) is 5.06. The summed E-state index contributed by atoms with van der Waals surface area (Å²) in [4.78, 5) is 2.34. The van der Waals surface area contributed by atoms with Gasteiger partial charge in [0.25, 0.3) is 0 Å². The van der Waals surface area contributed by atoms with Gasteiger partial charge in [0.1, 0.15) is 11.9 Å². The van der Waals surface area contributed by atoms with Crippen molar-refractivity contribution in [2.24, 2.45) is 5.73 Å². The highest BCUT2D eigenvalue weighted by molar-refractivity contribution is 7.91. The van der Waals surface area contributed by atoms with Crippen molar-refractivity contribution in [3.8, 4) is 5.75 Å². The summed E-state index contributed by atoms with van der Waals surface area (Å²) in [6.45, 7) is 2.97. The Balaban J connectivity index is 2.37. The third kappa shape index (κ3) is 2.84. The minimum Gasteiger partial charge on any atom is -0.486 e. The molecule has 19 heavy (non-hydrogen) atoms. The van der Waals surface area contributed by atoms with E-state index in [-0.39, 0.29) is 18.4 Å². The lowest BCUT2D eigenvalue weighted by Crippen LogP contribution is -2.37. The maximum absolute atomic E-state index is 12.0. The van der Waals surface area contributed by atoms with Crippen molar-refractivity contribution >= 4 is 15.5 Å². The fraction of sp³-hybridized carbons (Fsp3) is 0.538. The number of hydrogen-bond acceptors (Lipinski definition) is 5. The van der Waals surface area contributed by atoms with Gasteiger partial charge in [-0.3, -0.25) is 0 Å². The van der Waals surface area contributed by atoms with Crippen molar-refractivity contribution in [1.29, 1.82) is 0 Å². The molecule has 1 heterocycles. The van der Waals surface area contributed by atoms with E-state index in [9.17, 15) is 8.42 Å². The van der Waals surface area contributed by atoms with E-state index in [0.717, 1.165) is 24.4 Å². The van der Waals surface area contributed by atoms with Gasteiger partial charge in [-0.15, -0.1) is 0 Å². The van der Waals surface area contributed by atoms with E-state index in [0.29, 0.717) is 4.90 Å². The number of fused-ring (bicyclic) bond motifs is 1. The SMILES string of the molecule is CCC1CN(C)c2cc(S(=O)(=O)CCN)ccc2O1. The molecule has 0 saturated heterocycles. The van der Waals surface area contributed by atoms with Crippen LogP contribution in [0.25, 0.3) is 0 Å². The highest BCUT2D eigenvalue weighted by Crippen LogP contribution is 2.35. The Labute approximate surface area is 114 Å². The van der Waals surface area contributed by atoms with E-state index in [2.05, 4.69) is 6.92 Å². The monoisotopic (exact) mass is 284 g/mol. The summed E-state index contributed by atoms with van der Waals surface area (Å²) in [5.74, 6) is 0.709. The van der Waals surface area contributed by atoms with Crippen molar-refractivity contribution in [2.45, 2.75) is 24.3 Å². The van der Waals surface area contributed by atoms with Gasteiger partial charge in [-0.25, -0.2) is 8.42 Å². The maximum atomic E-state index is 12.0. The van der Waals surface area contributed by atoms with Gasteiger partial charge >= 0.3 is 0 Å². The number of rotatable bonds is 4. The second kappa shape index (κ2) is 5.38. The van der Waals surface area contributed by atoms with Crippen LogP contribution in [0.4, 0.5) is 5.69 Å². The standard InChI is InChI=1S/C13H20N2O3S/c1-3-10-9-15(2)12-8-11(4-5-13(12)18-10)19(16,17)7-6-14/h4-5,8,10H,3,6-7,9,14H2,1-2H3. The van der Waals surface area contributed by atoms with E-state index in [1.165, 1.54) is 0 Å². The van der Waals surface area contributed by atoms with Crippen LogP contribution in [-0.2, 0) is 9.84 Å². The molecule has 1 atom stereocenters. The van der Waals surface area contributed by atoms with Crippen LogP contribution in [0.1, 0.15) is 13.3 Å². The van der Waals surface area contributed by atoms with Crippen molar-refractivity contribution in [1.82, 2.24) is 0 Å². The lowest BCUT2D eigenvalue weighted by atomic mass is 10.2. The van der Waals surface area contributed by atoms with Gasteiger partial charge < -0.3 is 15.4 Å². The number of likely N-dealkylation sites (N-methyl/N-ethyl adjacent to an activating group) is 1. The molecule has 0 aliphatic carbocycles. The zero-order chi connectivity index (χ0) is 14.0. The molecule has 0 saturated carbocycles. The molecule has 5 nitrogen and oxygen atoms in total. The molecule has 2 rings (SSSR count). The van der Waals surface area contributed by atoms with Crippen molar-refractivity contribution in [2.75, 3.05) is 30.8 Å². The van der Waals surface area contributed by atoms with Gasteiger partial charge in [0, 0.05) is 13.6 Å². The van der Waals surface area contributed by atoms with Gasteiger partial charge in [-0.05, 0) is 24.6 Å². The van der Waals surface area contributed by atoms with Gasteiger partial charge in [-0.2, -0.15) is 0 Å². The number of nitrogens with two attached hydrogens (primary N) is 1. The fourth-order valence-electron chi connectivity index (χ4n) is 2.19. The highest BCUT2D eigenvalue weighted by Gasteiger charge is 2.24. The van der Waals surface area contributed by atoms with E-state index in [1.54, 1.807) is 18.2 Å². The molecular formula is C13H20N2O3S. The number of anilines is 1. The second-order valence-electron chi connectivity index (χ2n) is 4.77. The van der Waals surface area contributed by atoms with E-state index in [1.807, 2.05) is 11.9 Å². The first kappa shape index (κ1) is 14.1. The number of nitrogens with zero attached hydrogens (tertiary/aromatic N) is 1. The third-order valence-electron chi connectivity index (χ3n) is 3.31. The molecule has 0 amide bonds. The first-order valence-corrected chi connectivity index (χ1v) is 8.08. The van der Waals surface area contributed by atoms with Crippen LogP contribution in [0.5, 0.6) is 5.75 Å². The van der Waals surface area contributed by atoms with Gasteiger partial charge in [0.05, 0.1) is 22.9 Å². The Morgan fingerprint density at radius 1 is 1.47 bits per heavy atom. The van der Waals surface area contributed by atoms with Crippen LogP contribution in [0.15, 0.2) is 23.1 Å². The molecular weight excluding hydrogens is 264 g/mol. The largest absolute Gasteiger partial charge is 0.486 e. The molecule has 1 aromatic carbocycles. The van der Waals surface area contributed by atoms with Crippen molar-refractivity contribution < 1.29 is 13.2 Å². The van der Waals surface area contributed by atoms with Gasteiger partial charge in [-0.1, -0.05) is 6.92 Å². The second-order valence-corrected chi connectivity index (χ2v) is 6.87. The zero-order valence-corrected chi connectivity index (χ0v) is 12.1. The van der Waals surface area contributed by atoms with Crippen LogP contribution in [0.2, 0.25) is 0 Å². The van der Waals surface area contributed by atoms with Crippen LogP contribution in [-0.4, -0.2) is 40.4 Å². The first-order chi connectivity index (χ1) is 8.97. The molecule has 0 bridgehead atoms. The number of hydrogen-bond donors (Lipinski definition) is 1. The number of sulfone groups is 1. The normalized spacial score (nSPS) is 18.9. The summed E-state index contributed by atoms with van der Waals surface area (Å²) in [6, 6.07) is 5.00. The number of ether oxygens (including phenoxy) is 1. The predicted molar refractivity (Wildman–Crippen MR) is 75.5 cm³/mol. The van der Waals surface area contributed by atoms with Crippen molar-refractivity contribution in [3.05, 3.63) is 18.2 Å². The first-order valence-electron chi connectivity index (χ1n) is 6.42. The Morgan fingerprint density at radius 3 is 2.84 bits per heavy atom. The van der Waals surface area contributed by atoms with E-state index >= 15 is 0 Å². The molecule has 1 unspecified atom stereocenters. The summed E-state index contributed by atoms with van der Waals surface area (Å²) >= 11 is 0. The van der Waals surface area contributed by atoms with Crippen LogP contribution >= 0.6 is 0 Å². The molecule has 0 fully saturated rings. The zero-order valence-electron chi connectivity index (χ0n) is 11.3. The minimum absolute atomic E-state index is 0.0338. The molecule has 0 spiro atoms. The summed E-state index contributed by atoms with van der Waals surface area (Å²) in [7, 11) is -1.35. The summed E-state index contributed by atoms with van der Waals surface area (Å²) < 4.78 is 29.8. The average molecular weight is 284 g/mol. The molecule has 2 N–H and O–H groups in total. The Kier molecular flexibility index (Phi) is 4.01. The average Bonchev–Trinajstić information content (AvgIpc) is 2.38. The summed E-state index contributed by atoms with van der Waals surface area (Å²) in [5.41, 5.74) is 6.16. The molecule has 1 aliphatic rings. The van der Waals surface area contributed by atoms with Crippen LogP contribution in [0, 0.1) is 0 Å². The molecule has 1 aliphatic heterocycles. The molecule has 0 aromatic heterocycles. The molecule has 6 heteroatoms. The maximum Gasteiger partial charge on any atom is 0.179 e. The lowest BCUT2D eigenvalue weighted by Gasteiger charge is -2.33. The molecule has 106 valence electrons. The fourth-order valence-corrected chi connectivity index (χ4v) is 3.31. The van der Waals surface area contributed by atoms with E-state index in [4.69, 9.17) is 10.5 Å². The van der Waals surface area contributed by atoms with Gasteiger partial charge in [0.15, 0.2) is 9.84 Å².